The van der Waals surface area contributed by atoms with Crippen LogP contribution in [0.3, 0.4) is 0 Å². The molecular formula is C11H20N2O3S. The van der Waals surface area contributed by atoms with Crippen LogP contribution in [0, 0.1) is 0 Å². The Morgan fingerprint density at radius 2 is 2.29 bits per heavy atom. The van der Waals surface area contributed by atoms with E-state index in [-0.39, 0.29) is 11.4 Å². The molecule has 3 N–H and O–H groups in total. The predicted molar refractivity (Wildman–Crippen MR) is 67.7 cm³/mol. The fourth-order valence-electron chi connectivity index (χ4n) is 1.70. The molecule has 1 aliphatic rings. The van der Waals surface area contributed by atoms with Gasteiger partial charge in [-0.2, -0.15) is 11.8 Å². The summed E-state index contributed by atoms with van der Waals surface area (Å²) in [6, 6.07) is -1.22. The zero-order chi connectivity index (χ0) is 12.9. The lowest BCUT2D eigenvalue weighted by atomic mass is 10.1. The number of amides is 1. The number of ether oxygens (including phenoxy) is 1. The van der Waals surface area contributed by atoms with Crippen LogP contribution >= 0.6 is 11.8 Å². The molecule has 0 aromatic heterocycles. The van der Waals surface area contributed by atoms with Crippen molar-refractivity contribution >= 4 is 23.6 Å². The van der Waals surface area contributed by atoms with Crippen molar-refractivity contribution in [1.82, 2.24) is 5.32 Å². The van der Waals surface area contributed by atoms with E-state index in [4.69, 9.17) is 10.5 Å². The first-order valence-electron chi connectivity index (χ1n) is 5.82. The van der Waals surface area contributed by atoms with Gasteiger partial charge in [0.2, 0.25) is 5.91 Å². The van der Waals surface area contributed by atoms with Gasteiger partial charge < -0.3 is 15.8 Å². The van der Waals surface area contributed by atoms with E-state index in [1.165, 1.54) is 6.42 Å². The van der Waals surface area contributed by atoms with E-state index < -0.39 is 17.9 Å². The summed E-state index contributed by atoms with van der Waals surface area (Å²) in [5, 5.41) is 2.72. The molecule has 0 spiro atoms. The molecule has 5 nitrogen and oxygen atoms in total. The van der Waals surface area contributed by atoms with Crippen LogP contribution in [0.2, 0.25) is 0 Å². The van der Waals surface area contributed by atoms with E-state index in [0.717, 1.165) is 12.2 Å². The summed E-state index contributed by atoms with van der Waals surface area (Å²) in [4.78, 5) is 22.9. The van der Waals surface area contributed by atoms with Gasteiger partial charge in [-0.05, 0) is 32.4 Å². The molecule has 1 rings (SSSR count). The lowest BCUT2D eigenvalue weighted by Crippen LogP contribution is -2.49. The van der Waals surface area contributed by atoms with Crippen molar-refractivity contribution in [2.24, 2.45) is 5.73 Å². The molecule has 0 bridgehead atoms. The van der Waals surface area contributed by atoms with Gasteiger partial charge in [-0.15, -0.1) is 0 Å². The van der Waals surface area contributed by atoms with E-state index in [2.05, 4.69) is 12.2 Å². The molecule has 0 aliphatic carbocycles. The van der Waals surface area contributed by atoms with Crippen molar-refractivity contribution in [3.05, 3.63) is 0 Å². The fourth-order valence-corrected chi connectivity index (χ4v) is 2.94. The first-order chi connectivity index (χ1) is 7.98. The number of nitrogens with one attached hydrogen (secondary N) is 1. The minimum atomic E-state index is -1.22. The predicted octanol–water partition coefficient (Wildman–Crippen LogP) is 0.279. The highest BCUT2D eigenvalue weighted by molar-refractivity contribution is 8.00. The average molecular weight is 260 g/mol. The molecule has 1 fully saturated rings. The van der Waals surface area contributed by atoms with E-state index in [1.807, 2.05) is 11.8 Å². The van der Waals surface area contributed by atoms with Crippen LogP contribution in [0.25, 0.3) is 0 Å². The second-order valence-electron chi connectivity index (χ2n) is 4.35. The van der Waals surface area contributed by atoms with Crippen molar-refractivity contribution in [1.29, 1.82) is 0 Å². The molecule has 0 aromatic carbocycles. The topological polar surface area (TPSA) is 81.4 Å². The number of thioether (sulfide) groups is 1. The summed E-state index contributed by atoms with van der Waals surface area (Å²) in [7, 11) is 0. The zero-order valence-electron chi connectivity index (χ0n) is 10.3. The van der Waals surface area contributed by atoms with Crippen molar-refractivity contribution < 1.29 is 14.3 Å². The van der Waals surface area contributed by atoms with Gasteiger partial charge in [0.1, 0.15) is 0 Å². The highest BCUT2D eigenvalue weighted by Gasteiger charge is 2.31. The molecule has 98 valence electrons. The molecule has 17 heavy (non-hydrogen) atoms. The van der Waals surface area contributed by atoms with Crippen molar-refractivity contribution in [3.8, 4) is 0 Å². The smallest absolute Gasteiger partial charge is 0.332 e. The van der Waals surface area contributed by atoms with Crippen LogP contribution in [-0.2, 0) is 14.3 Å². The Morgan fingerprint density at radius 1 is 1.59 bits per heavy atom. The first-order valence-corrected chi connectivity index (χ1v) is 6.81. The van der Waals surface area contributed by atoms with Crippen molar-refractivity contribution in [2.75, 3.05) is 18.9 Å². The Labute approximate surface area is 106 Å². The fraction of sp³-hybridized carbons (Fsp3) is 0.818. The Morgan fingerprint density at radius 3 is 2.82 bits per heavy atom. The summed E-state index contributed by atoms with van der Waals surface area (Å²) in [6.45, 7) is 4.57. The standard InChI is InChI=1S/C11H20N2O3S/c1-3-16-10(15)8(12)9(14)13-7-11(2)5-4-6-17-11/h8H,3-7,12H2,1-2H3,(H,13,14). The van der Waals surface area contributed by atoms with E-state index in [0.29, 0.717) is 6.54 Å². The third kappa shape index (κ3) is 4.20. The summed E-state index contributed by atoms with van der Waals surface area (Å²) in [6.07, 6.45) is 2.24. The zero-order valence-corrected chi connectivity index (χ0v) is 11.1. The maximum Gasteiger partial charge on any atom is 0.332 e. The lowest BCUT2D eigenvalue weighted by molar-refractivity contribution is -0.148. The van der Waals surface area contributed by atoms with Crippen LogP contribution in [0.5, 0.6) is 0 Å². The summed E-state index contributed by atoms with van der Waals surface area (Å²) >= 11 is 1.85. The third-order valence-corrected chi connectivity index (χ3v) is 4.30. The molecule has 1 heterocycles. The molecule has 2 unspecified atom stereocenters. The molecule has 6 heteroatoms. The minimum Gasteiger partial charge on any atom is -0.464 e. The van der Waals surface area contributed by atoms with E-state index in [1.54, 1.807) is 6.92 Å². The van der Waals surface area contributed by atoms with Gasteiger partial charge in [-0.1, -0.05) is 0 Å². The average Bonchev–Trinajstić information content (AvgIpc) is 2.73. The van der Waals surface area contributed by atoms with Gasteiger partial charge >= 0.3 is 5.97 Å². The third-order valence-electron chi connectivity index (χ3n) is 2.76. The molecule has 0 aromatic rings. The van der Waals surface area contributed by atoms with Gasteiger partial charge in [0.25, 0.3) is 0 Å². The quantitative estimate of drug-likeness (QED) is 0.548. The van der Waals surface area contributed by atoms with Crippen molar-refractivity contribution in [2.45, 2.75) is 37.5 Å². The largest absolute Gasteiger partial charge is 0.464 e. The highest BCUT2D eigenvalue weighted by Crippen LogP contribution is 2.36. The summed E-state index contributed by atoms with van der Waals surface area (Å²) in [5.74, 6) is -0.0116. The second-order valence-corrected chi connectivity index (χ2v) is 6.03. The second kappa shape index (κ2) is 6.26. The van der Waals surface area contributed by atoms with E-state index in [9.17, 15) is 9.59 Å². The molecule has 1 aliphatic heterocycles. The van der Waals surface area contributed by atoms with Crippen LogP contribution in [0.1, 0.15) is 26.7 Å². The van der Waals surface area contributed by atoms with Gasteiger partial charge in [0.15, 0.2) is 6.04 Å². The number of hydrogen-bond donors (Lipinski definition) is 2. The normalized spacial score (nSPS) is 25.4. The maximum atomic E-state index is 11.6. The summed E-state index contributed by atoms with van der Waals surface area (Å²) in [5.41, 5.74) is 5.48. The monoisotopic (exact) mass is 260 g/mol. The Kier molecular flexibility index (Phi) is 5.27. The molecule has 2 atom stereocenters. The van der Waals surface area contributed by atoms with Gasteiger partial charge in [-0.3, -0.25) is 4.79 Å². The van der Waals surface area contributed by atoms with Gasteiger partial charge in [-0.25, -0.2) is 4.79 Å². The SMILES string of the molecule is CCOC(=O)C(N)C(=O)NCC1(C)CCCS1. The number of hydrogen-bond acceptors (Lipinski definition) is 5. The molecular weight excluding hydrogens is 240 g/mol. The summed E-state index contributed by atoms with van der Waals surface area (Å²) < 4.78 is 4.77. The number of rotatable bonds is 5. The first kappa shape index (κ1) is 14.3. The molecule has 1 saturated heterocycles. The van der Waals surface area contributed by atoms with Crippen LogP contribution < -0.4 is 11.1 Å². The number of esters is 1. The molecule has 0 radical (unpaired) electrons. The van der Waals surface area contributed by atoms with Crippen LogP contribution in [0.15, 0.2) is 0 Å². The maximum absolute atomic E-state index is 11.6. The van der Waals surface area contributed by atoms with Crippen LogP contribution in [-0.4, -0.2) is 41.6 Å². The molecule has 0 saturated carbocycles. The van der Waals surface area contributed by atoms with Crippen molar-refractivity contribution in [3.63, 3.8) is 0 Å². The number of nitrogens with two attached hydrogens (primary N) is 1. The number of carbonyl (C=O) groups excluding carboxylic acids is 2. The Hall–Kier alpha value is -0.750. The Bertz CT molecular complexity index is 290. The number of carbonyl (C=O) groups is 2. The van der Waals surface area contributed by atoms with Gasteiger partial charge in [0, 0.05) is 11.3 Å². The lowest BCUT2D eigenvalue weighted by Gasteiger charge is -2.23. The molecule has 1 amide bonds. The van der Waals surface area contributed by atoms with Crippen LogP contribution in [0.4, 0.5) is 0 Å². The van der Waals surface area contributed by atoms with E-state index >= 15 is 0 Å². The minimum absolute atomic E-state index is 0.0735. The van der Waals surface area contributed by atoms with Gasteiger partial charge in [0.05, 0.1) is 6.61 Å². The Balaban J connectivity index is 2.36. The highest BCUT2D eigenvalue weighted by atomic mass is 32.2.